The number of hydrogen-bond acceptors (Lipinski definition) is 5. The normalized spacial score (nSPS) is 10.5. The SMILES string of the molecule is Cc1cnc(SCc2nc(C)cc(Cl)n2)nc1. The van der Waals surface area contributed by atoms with E-state index in [2.05, 4.69) is 19.9 Å². The second kappa shape index (κ2) is 5.42. The van der Waals surface area contributed by atoms with Crippen LogP contribution < -0.4 is 0 Å². The molecule has 17 heavy (non-hydrogen) atoms. The molecular weight excluding hydrogens is 256 g/mol. The number of halogens is 1. The summed E-state index contributed by atoms with van der Waals surface area (Å²) in [4.78, 5) is 16.8. The van der Waals surface area contributed by atoms with E-state index in [-0.39, 0.29) is 0 Å². The van der Waals surface area contributed by atoms with E-state index in [0.29, 0.717) is 16.7 Å². The Morgan fingerprint density at radius 3 is 2.53 bits per heavy atom. The van der Waals surface area contributed by atoms with Gasteiger partial charge in [-0.25, -0.2) is 19.9 Å². The molecule has 0 aliphatic rings. The molecule has 0 bridgehead atoms. The first-order valence-corrected chi connectivity index (χ1v) is 6.41. The first kappa shape index (κ1) is 12.3. The Bertz CT molecular complexity index is 495. The van der Waals surface area contributed by atoms with Crippen molar-refractivity contribution < 1.29 is 0 Å². The quantitative estimate of drug-likeness (QED) is 0.486. The van der Waals surface area contributed by atoms with E-state index in [9.17, 15) is 0 Å². The number of aromatic nitrogens is 4. The molecule has 0 fully saturated rings. The van der Waals surface area contributed by atoms with Gasteiger partial charge in [-0.3, -0.25) is 0 Å². The summed E-state index contributed by atoms with van der Waals surface area (Å²) in [7, 11) is 0. The minimum atomic E-state index is 0.470. The van der Waals surface area contributed by atoms with Crippen molar-refractivity contribution in [2.24, 2.45) is 0 Å². The van der Waals surface area contributed by atoms with Crippen LogP contribution in [0, 0.1) is 13.8 Å². The minimum Gasteiger partial charge on any atom is -0.237 e. The molecule has 6 heteroatoms. The van der Waals surface area contributed by atoms with Crippen molar-refractivity contribution in [2.45, 2.75) is 24.8 Å². The topological polar surface area (TPSA) is 51.6 Å². The van der Waals surface area contributed by atoms with Crippen LogP contribution >= 0.6 is 23.4 Å². The van der Waals surface area contributed by atoms with E-state index in [1.807, 2.05) is 13.8 Å². The highest BCUT2D eigenvalue weighted by Gasteiger charge is 2.03. The van der Waals surface area contributed by atoms with Gasteiger partial charge in [0.05, 0.1) is 5.75 Å². The van der Waals surface area contributed by atoms with E-state index in [4.69, 9.17) is 11.6 Å². The summed E-state index contributed by atoms with van der Waals surface area (Å²) in [6.45, 7) is 3.85. The van der Waals surface area contributed by atoms with Crippen LogP contribution in [0.1, 0.15) is 17.1 Å². The smallest absolute Gasteiger partial charge is 0.187 e. The molecule has 0 aliphatic carbocycles. The molecule has 0 aliphatic heterocycles. The zero-order chi connectivity index (χ0) is 12.3. The van der Waals surface area contributed by atoms with Gasteiger partial charge in [-0.15, -0.1) is 0 Å². The van der Waals surface area contributed by atoms with Crippen molar-refractivity contribution in [1.29, 1.82) is 0 Å². The monoisotopic (exact) mass is 266 g/mol. The number of nitrogens with zero attached hydrogens (tertiary/aromatic N) is 4. The van der Waals surface area contributed by atoms with Crippen molar-refractivity contribution in [3.63, 3.8) is 0 Å². The molecule has 0 saturated heterocycles. The summed E-state index contributed by atoms with van der Waals surface area (Å²) in [6.07, 6.45) is 3.58. The molecule has 0 aromatic carbocycles. The molecule has 0 spiro atoms. The van der Waals surface area contributed by atoms with Gasteiger partial charge in [0.25, 0.3) is 0 Å². The standard InChI is InChI=1S/C11H11ClN4S/c1-7-4-13-11(14-5-7)17-6-10-15-8(2)3-9(12)16-10/h3-5H,6H2,1-2H3. The van der Waals surface area contributed by atoms with E-state index in [1.165, 1.54) is 11.8 Å². The summed E-state index contributed by atoms with van der Waals surface area (Å²) in [6, 6.07) is 1.73. The Morgan fingerprint density at radius 1 is 1.18 bits per heavy atom. The van der Waals surface area contributed by atoms with Gasteiger partial charge in [0.2, 0.25) is 0 Å². The molecule has 2 aromatic rings. The van der Waals surface area contributed by atoms with E-state index in [1.54, 1.807) is 18.5 Å². The highest BCUT2D eigenvalue weighted by Crippen LogP contribution is 2.18. The van der Waals surface area contributed by atoms with Crippen LogP contribution in [0.2, 0.25) is 5.15 Å². The van der Waals surface area contributed by atoms with Gasteiger partial charge >= 0.3 is 0 Å². The van der Waals surface area contributed by atoms with E-state index < -0.39 is 0 Å². The molecule has 4 nitrogen and oxygen atoms in total. The summed E-state index contributed by atoms with van der Waals surface area (Å²) in [5.74, 6) is 1.31. The van der Waals surface area contributed by atoms with Crippen LogP contribution in [0.25, 0.3) is 0 Å². The average Bonchev–Trinajstić information content (AvgIpc) is 2.27. The third kappa shape index (κ3) is 3.64. The predicted molar refractivity (Wildman–Crippen MR) is 68.1 cm³/mol. The van der Waals surface area contributed by atoms with Crippen LogP contribution in [0.4, 0.5) is 0 Å². The Balaban J connectivity index is 2.04. The Hall–Kier alpha value is -1.20. The highest BCUT2D eigenvalue weighted by atomic mass is 35.5. The molecule has 0 saturated carbocycles. The lowest BCUT2D eigenvalue weighted by Crippen LogP contribution is -1.96. The van der Waals surface area contributed by atoms with Crippen LogP contribution in [0.15, 0.2) is 23.6 Å². The van der Waals surface area contributed by atoms with Crippen LogP contribution in [-0.2, 0) is 5.75 Å². The maximum Gasteiger partial charge on any atom is 0.187 e. The summed E-state index contributed by atoms with van der Waals surface area (Å²) in [5, 5.41) is 1.19. The van der Waals surface area contributed by atoms with Gasteiger partial charge in [-0.05, 0) is 25.5 Å². The number of hydrogen-bond donors (Lipinski definition) is 0. The van der Waals surface area contributed by atoms with Gasteiger partial charge in [-0.1, -0.05) is 23.4 Å². The van der Waals surface area contributed by atoms with Crippen molar-refractivity contribution in [1.82, 2.24) is 19.9 Å². The second-order valence-corrected chi connectivity index (χ2v) is 4.91. The summed E-state index contributed by atoms with van der Waals surface area (Å²) < 4.78 is 0. The molecule has 0 atom stereocenters. The van der Waals surface area contributed by atoms with E-state index in [0.717, 1.165) is 16.4 Å². The fourth-order valence-electron chi connectivity index (χ4n) is 1.24. The van der Waals surface area contributed by atoms with Crippen LogP contribution in [0.3, 0.4) is 0 Å². The molecule has 2 aromatic heterocycles. The first-order valence-electron chi connectivity index (χ1n) is 5.05. The van der Waals surface area contributed by atoms with Gasteiger partial charge < -0.3 is 0 Å². The first-order chi connectivity index (χ1) is 8.13. The van der Waals surface area contributed by atoms with Crippen molar-refractivity contribution in [3.05, 3.63) is 40.7 Å². The van der Waals surface area contributed by atoms with Gasteiger partial charge in [0.1, 0.15) is 11.0 Å². The predicted octanol–water partition coefficient (Wildman–Crippen LogP) is 2.83. The fraction of sp³-hybridized carbons (Fsp3) is 0.273. The molecule has 0 radical (unpaired) electrons. The lowest BCUT2D eigenvalue weighted by Gasteiger charge is -2.01. The molecule has 2 heterocycles. The minimum absolute atomic E-state index is 0.470. The van der Waals surface area contributed by atoms with Crippen LogP contribution in [-0.4, -0.2) is 19.9 Å². The fourth-order valence-corrected chi connectivity index (χ4v) is 2.13. The zero-order valence-electron chi connectivity index (χ0n) is 9.51. The summed E-state index contributed by atoms with van der Waals surface area (Å²) in [5.41, 5.74) is 1.91. The lowest BCUT2D eigenvalue weighted by atomic mass is 10.4. The largest absolute Gasteiger partial charge is 0.237 e. The summed E-state index contributed by atoms with van der Waals surface area (Å²) >= 11 is 7.35. The van der Waals surface area contributed by atoms with Gasteiger partial charge in [-0.2, -0.15) is 0 Å². The Morgan fingerprint density at radius 2 is 1.88 bits per heavy atom. The highest BCUT2D eigenvalue weighted by molar-refractivity contribution is 7.98. The molecule has 0 N–H and O–H groups in total. The molecule has 2 rings (SSSR count). The third-order valence-electron chi connectivity index (χ3n) is 1.96. The molecular formula is C11H11ClN4S. The lowest BCUT2D eigenvalue weighted by molar-refractivity contribution is 0.940. The number of thioether (sulfide) groups is 1. The Kier molecular flexibility index (Phi) is 3.91. The zero-order valence-corrected chi connectivity index (χ0v) is 11.1. The maximum absolute atomic E-state index is 5.86. The Labute approximate surface area is 109 Å². The average molecular weight is 267 g/mol. The molecule has 0 amide bonds. The van der Waals surface area contributed by atoms with Crippen molar-refractivity contribution in [2.75, 3.05) is 0 Å². The number of aryl methyl sites for hydroxylation is 2. The number of rotatable bonds is 3. The molecule has 0 unspecified atom stereocenters. The second-order valence-electron chi connectivity index (χ2n) is 3.58. The maximum atomic E-state index is 5.86. The van der Waals surface area contributed by atoms with Crippen molar-refractivity contribution >= 4 is 23.4 Å². The third-order valence-corrected chi connectivity index (χ3v) is 3.02. The van der Waals surface area contributed by atoms with E-state index >= 15 is 0 Å². The molecule has 88 valence electrons. The van der Waals surface area contributed by atoms with Gasteiger partial charge in [0, 0.05) is 18.1 Å². The van der Waals surface area contributed by atoms with Gasteiger partial charge in [0.15, 0.2) is 5.16 Å². The van der Waals surface area contributed by atoms with Crippen LogP contribution in [0.5, 0.6) is 0 Å². The van der Waals surface area contributed by atoms with Crippen molar-refractivity contribution in [3.8, 4) is 0 Å².